The minimum atomic E-state index is -0.0281. The molecule has 2 saturated heterocycles. The number of nitrogens with one attached hydrogen (secondary N) is 1. The molecule has 2 aromatic rings. The molecule has 2 aliphatic heterocycles. The number of hydrogen-bond acceptors (Lipinski definition) is 4. The first-order valence-corrected chi connectivity index (χ1v) is 8.16. The Morgan fingerprint density at radius 1 is 1.35 bits per heavy atom. The number of rotatable bonds is 2. The van der Waals surface area contributed by atoms with Crippen LogP contribution >= 0.6 is 11.3 Å². The number of thiazole rings is 1. The fourth-order valence-corrected chi connectivity index (χ4v) is 4.24. The zero-order valence-corrected chi connectivity index (χ0v) is 12.1. The molecule has 4 rings (SSSR count). The molecule has 0 spiro atoms. The van der Waals surface area contributed by atoms with Crippen LogP contribution in [0.3, 0.4) is 0 Å². The van der Waals surface area contributed by atoms with E-state index in [1.54, 1.807) is 11.3 Å². The monoisotopic (exact) mass is 290 g/mol. The minimum Gasteiger partial charge on any atom is -0.346 e. The van der Waals surface area contributed by atoms with E-state index in [0.717, 1.165) is 11.4 Å². The van der Waals surface area contributed by atoms with E-state index in [9.17, 15) is 4.79 Å². The third-order valence-electron chi connectivity index (χ3n) is 4.48. The number of piperidine rings is 1. The van der Waals surface area contributed by atoms with Crippen molar-refractivity contribution < 1.29 is 4.79 Å². The Morgan fingerprint density at radius 3 is 3.05 bits per heavy atom. The second-order valence-electron chi connectivity index (χ2n) is 5.69. The van der Waals surface area contributed by atoms with E-state index >= 15 is 0 Å². The van der Waals surface area contributed by atoms with Gasteiger partial charge in [0.25, 0.3) is 5.91 Å². The van der Waals surface area contributed by atoms with Gasteiger partial charge in [0.05, 0.1) is 0 Å². The van der Waals surface area contributed by atoms with E-state index in [0.29, 0.717) is 17.8 Å². The molecule has 0 unspecified atom stereocenters. The molecule has 2 aliphatic rings. The van der Waals surface area contributed by atoms with Crippen LogP contribution < -0.4 is 5.32 Å². The summed E-state index contributed by atoms with van der Waals surface area (Å²) >= 11 is 1.55. The number of nitrogens with zero attached hydrogens (tertiary/aromatic N) is 3. The molecule has 0 aliphatic carbocycles. The zero-order valence-electron chi connectivity index (χ0n) is 11.3. The van der Waals surface area contributed by atoms with Crippen LogP contribution in [-0.4, -0.2) is 45.4 Å². The van der Waals surface area contributed by atoms with Crippen LogP contribution in [0.15, 0.2) is 17.8 Å². The predicted molar refractivity (Wildman–Crippen MR) is 78.2 cm³/mol. The summed E-state index contributed by atoms with van der Waals surface area (Å²) in [5.41, 5.74) is 0.534. The fraction of sp³-hybridized carbons (Fsp3) is 0.571. The lowest BCUT2D eigenvalue weighted by Crippen LogP contribution is -2.52. The molecule has 0 radical (unpaired) electrons. The van der Waals surface area contributed by atoms with Crippen molar-refractivity contribution in [1.82, 2.24) is 19.6 Å². The van der Waals surface area contributed by atoms with Gasteiger partial charge in [-0.05, 0) is 38.8 Å². The number of amides is 1. The lowest BCUT2D eigenvalue weighted by molar-refractivity contribution is 0.0864. The second kappa shape index (κ2) is 4.86. The van der Waals surface area contributed by atoms with Crippen molar-refractivity contribution in [2.45, 2.75) is 37.8 Å². The quantitative estimate of drug-likeness (QED) is 0.917. The molecule has 5 nitrogen and oxygen atoms in total. The molecule has 1 N–H and O–H groups in total. The summed E-state index contributed by atoms with van der Waals surface area (Å²) in [5.74, 6) is -0.0281. The molecule has 0 bridgehead atoms. The molecule has 0 aromatic carbocycles. The van der Waals surface area contributed by atoms with Gasteiger partial charge in [0, 0.05) is 29.9 Å². The number of carbonyl (C=O) groups excluding carboxylic acids is 1. The van der Waals surface area contributed by atoms with Gasteiger partial charge in [-0.3, -0.25) is 14.1 Å². The summed E-state index contributed by atoms with van der Waals surface area (Å²) in [5, 5.41) is 5.18. The largest absolute Gasteiger partial charge is 0.346 e. The molecule has 20 heavy (non-hydrogen) atoms. The van der Waals surface area contributed by atoms with Crippen LogP contribution in [0.1, 0.15) is 36.2 Å². The Labute approximate surface area is 121 Å². The van der Waals surface area contributed by atoms with Gasteiger partial charge < -0.3 is 5.32 Å². The van der Waals surface area contributed by atoms with Crippen LogP contribution in [0, 0.1) is 0 Å². The average molecular weight is 290 g/mol. The van der Waals surface area contributed by atoms with Crippen molar-refractivity contribution in [2.75, 3.05) is 13.1 Å². The number of hydrogen-bond donors (Lipinski definition) is 1. The summed E-state index contributed by atoms with van der Waals surface area (Å²) < 4.78 is 1.91. The van der Waals surface area contributed by atoms with Crippen molar-refractivity contribution >= 4 is 22.2 Å². The van der Waals surface area contributed by atoms with Crippen LogP contribution in [0.2, 0.25) is 0 Å². The van der Waals surface area contributed by atoms with E-state index in [1.165, 1.54) is 32.4 Å². The van der Waals surface area contributed by atoms with E-state index in [4.69, 9.17) is 0 Å². The Morgan fingerprint density at radius 2 is 2.20 bits per heavy atom. The maximum Gasteiger partial charge on any atom is 0.271 e. The lowest BCUT2D eigenvalue weighted by atomic mass is 9.96. The average Bonchev–Trinajstić information content (AvgIpc) is 3.13. The van der Waals surface area contributed by atoms with Crippen LogP contribution in [-0.2, 0) is 0 Å². The smallest absolute Gasteiger partial charge is 0.271 e. The SMILES string of the molecule is O=C(N[C@H]1CCCN2CCC[C@@H]12)c1cn2ccsc2n1. The first-order valence-electron chi connectivity index (χ1n) is 7.28. The molecule has 1 amide bonds. The normalized spacial score (nSPS) is 26.8. The summed E-state index contributed by atoms with van der Waals surface area (Å²) in [4.78, 5) is 20.2. The van der Waals surface area contributed by atoms with Crippen molar-refractivity contribution in [3.05, 3.63) is 23.5 Å². The molecule has 6 heteroatoms. The molecule has 2 aromatic heterocycles. The van der Waals surface area contributed by atoms with Crippen molar-refractivity contribution in [2.24, 2.45) is 0 Å². The summed E-state index contributed by atoms with van der Waals surface area (Å²) in [6.45, 7) is 2.38. The highest BCUT2D eigenvalue weighted by Crippen LogP contribution is 2.27. The summed E-state index contributed by atoms with van der Waals surface area (Å²) in [7, 11) is 0. The van der Waals surface area contributed by atoms with Gasteiger partial charge in [0.1, 0.15) is 5.69 Å². The maximum absolute atomic E-state index is 12.4. The van der Waals surface area contributed by atoms with Gasteiger partial charge in [0.15, 0.2) is 4.96 Å². The van der Waals surface area contributed by atoms with Crippen LogP contribution in [0.4, 0.5) is 0 Å². The van der Waals surface area contributed by atoms with Gasteiger partial charge >= 0.3 is 0 Å². The van der Waals surface area contributed by atoms with Crippen LogP contribution in [0.25, 0.3) is 4.96 Å². The van der Waals surface area contributed by atoms with Crippen molar-refractivity contribution in [1.29, 1.82) is 0 Å². The Bertz CT molecular complexity index is 605. The molecule has 2 fully saturated rings. The Hall–Kier alpha value is -1.40. The third-order valence-corrected chi connectivity index (χ3v) is 5.25. The standard InChI is InChI=1S/C14H18N4OS/c19-13(11-9-18-7-8-20-14(18)16-11)15-10-3-1-5-17-6-2-4-12(10)17/h7-10,12H,1-6H2,(H,15,19)/t10-,12-/m0/s1. The first kappa shape index (κ1) is 12.3. The molecule has 2 atom stereocenters. The molecular weight excluding hydrogens is 272 g/mol. The van der Waals surface area contributed by atoms with E-state index in [1.807, 2.05) is 22.2 Å². The van der Waals surface area contributed by atoms with Gasteiger partial charge in [-0.15, -0.1) is 11.3 Å². The van der Waals surface area contributed by atoms with E-state index in [2.05, 4.69) is 15.2 Å². The predicted octanol–water partition coefficient (Wildman–Crippen LogP) is 1.75. The third kappa shape index (κ3) is 2.03. The second-order valence-corrected chi connectivity index (χ2v) is 6.56. The van der Waals surface area contributed by atoms with Crippen LogP contribution in [0.5, 0.6) is 0 Å². The number of imidazole rings is 1. The van der Waals surface area contributed by atoms with Gasteiger partial charge in [0.2, 0.25) is 0 Å². The summed E-state index contributed by atoms with van der Waals surface area (Å²) in [6.07, 6.45) is 8.49. The highest BCUT2D eigenvalue weighted by Gasteiger charge is 2.35. The molecule has 106 valence electrons. The van der Waals surface area contributed by atoms with Gasteiger partial charge in [-0.2, -0.15) is 0 Å². The zero-order chi connectivity index (χ0) is 13.5. The fourth-order valence-electron chi connectivity index (χ4n) is 3.54. The van der Waals surface area contributed by atoms with Crippen molar-refractivity contribution in [3.63, 3.8) is 0 Å². The lowest BCUT2D eigenvalue weighted by Gasteiger charge is -2.36. The van der Waals surface area contributed by atoms with E-state index in [-0.39, 0.29) is 5.91 Å². The Balaban J connectivity index is 1.50. The summed E-state index contributed by atoms with van der Waals surface area (Å²) in [6, 6.07) is 0.829. The highest BCUT2D eigenvalue weighted by molar-refractivity contribution is 7.15. The highest BCUT2D eigenvalue weighted by atomic mass is 32.1. The van der Waals surface area contributed by atoms with Gasteiger partial charge in [-0.25, -0.2) is 4.98 Å². The molecule has 4 heterocycles. The molecule has 0 saturated carbocycles. The Kier molecular flexibility index (Phi) is 3.00. The first-order chi connectivity index (χ1) is 9.81. The van der Waals surface area contributed by atoms with E-state index < -0.39 is 0 Å². The minimum absolute atomic E-state index is 0.0281. The van der Waals surface area contributed by atoms with Crippen molar-refractivity contribution in [3.8, 4) is 0 Å². The topological polar surface area (TPSA) is 49.6 Å². The number of aromatic nitrogens is 2. The van der Waals surface area contributed by atoms with Gasteiger partial charge in [-0.1, -0.05) is 0 Å². The molecular formula is C14H18N4OS. The number of fused-ring (bicyclic) bond motifs is 2. The maximum atomic E-state index is 12.4. The number of carbonyl (C=O) groups is 1.